The summed E-state index contributed by atoms with van der Waals surface area (Å²) >= 11 is 1.81. The Bertz CT molecular complexity index is 1140. The molecule has 0 atom stereocenters. The number of thioether (sulfide) groups is 1. The summed E-state index contributed by atoms with van der Waals surface area (Å²) in [7, 11) is 0. The molecule has 0 saturated heterocycles. The maximum atomic E-state index is 11.8. The molecule has 3 aromatic heterocycles. The van der Waals surface area contributed by atoms with Gasteiger partial charge in [0.25, 0.3) is 0 Å². The monoisotopic (exact) mass is 389 g/mol. The summed E-state index contributed by atoms with van der Waals surface area (Å²) in [5.41, 5.74) is 4.07. The average molecular weight is 389 g/mol. The van der Waals surface area contributed by atoms with Gasteiger partial charge in [-0.3, -0.25) is 9.38 Å². The van der Waals surface area contributed by atoms with Crippen molar-refractivity contribution in [1.82, 2.24) is 14.4 Å². The van der Waals surface area contributed by atoms with Gasteiger partial charge in [0, 0.05) is 45.4 Å². The number of aromatic carboxylic acids is 1. The predicted molar refractivity (Wildman–Crippen MR) is 112 cm³/mol. The summed E-state index contributed by atoms with van der Waals surface area (Å²) in [4.78, 5) is 21.5. The van der Waals surface area contributed by atoms with E-state index in [0.29, 0.717) is 10.9 Å². The highest BCUT2D eigenvalue weighted by atomic mass is 32.2. The van der Waals surface area contributed by atoms with Crippen molar-refractivity contribution in [3.63, 3.8) is 0 Å². The minimum atomic E-state index is -1.00. The number of hydrogen-bond acceptors (Lipinski definition) is 4. The number of imidazole rings is 1. The van der Waals surface area contributed by atoms with Crippen LogP contribution in [0.4, 0.5) is 0 Å². The zero-order chi connectivity index (χ0) is 19.7. The first-order valence-corrected chi connectivity index (χ1v) is 9.83. The first kappa shape index (κ1) is 18.3. The summed E-state index contributed by atoms with van der Waals surface area (Å²) in [5, 5.41) is 10.2. The lowest BCUT2D eigenvalue weighted by molar-refractivity contribution is 0.0698. The van der Waals surface area contributed by atoms with Crippen molar-refractivity contribution in [2.24, 2.45) is 0 Å². The number of pyridine rings is 2. The maximum Gasteiger partial charge on any atom is 0.339 e. The molecule has 0 unspecified atom stereocenters. The molecule has 0 radical (unpaired) electrons. The third kappa shape index (κ3) is 3.51. The third-order valence-electron chi connectivity index (χ3n) is 4.35. The molecule has 1 aromatic carbocycles. The van der Waals surface area contributed by atoms with E-state index in [9.17, 15) is 9.90 Å². The number of hydrogen-bond donors (Lipinski definition) is 1. The molecule has 140 valence electrons. The number of carboxylic acid groups (broad SMARTS) is 1. The molecule has 1 N–H and O–H groups in total. The average Bonchev–Trinajstić information content (AvgIpc) is 3.12. The van der Waals surface area contributed by atoms with E-state index in [4.69, 9.17) is 0 Å². The molecular formula is C22H19N3O2S. The highest BCUT2D eigenvalue weighted by molar-refractivity contribution is 7.99. The van der Waals surface area contributed by atoms with Gasteiger partial charge < -0.3 is 5.11 Å². The summed E-state index contributed by atoms with van der Waals surface area (Å²) in [6.45, 7) is 4.33. The molecule has 4 rings (SSSR count). The lowest BCUT2D eigenvalue weighted by Crippen LogP contribution is -2.02. The Morgan fingerprint density at radius 3 is 2.50 bits per heavy atom. The zero-order valence-corrected chi connectivity index (χ0v) is 16.4. The molecule has 0 aliphatic rings. The summed E-state index contributed by atoms with van der Waals surface area (Å²) < 4.78 is 1.84. The van der Waals surface area contributed by atoms with Crippen LogP contribution in [0.1, 0.15) is 24.2 Å². The van der Waals surface area contributed by atoms with Crippen LogP contribution in [0.25, 0.3) is 28.0 Å². The summed E-state index contributed by atoms with van der Waals surface area (Å²) in [6, 6.07) is 13.7. The molecule has 0 fully saturated rings. The van der Waals surface area contributed by atoms with Crippen molar-refractivity contribution in [1.29, 1.82) is 0 Å². The van der Waals surface area contributed by atoms with Gasteiger partial charge in [-0.05, 0) is 24.3 Å². The number of rotatable bonds is 5. The number of aromatic nitrogens is 3. The Morgan fingerprint density at radius 1 is 1.07 bits per heavy atom. The molecule has 0 aliphatic heterocycles. The van der Waals surface area contributed by atoms with E-state index in [1.807, 2.05) is 46.6 Å². The van der Waals surface area contributed by atoms with Crippen molar-refractivity contribution in [2.45, 2.75) is 24.0 Å². The van der Waals surface area contributed by atoms with Gasteiger partial charge in [0.15, 0.2) is 5.65 Å². The minimum absolute atomic E-state index is 0.166. The van der Waals surface area contributed by atoms with Gasteiger partial charge in [-0.1, -0.05) is 32.0 Å². The molecule has 0 amide bonds. The Kier molecular flexibility index (Phi) is 4.88. The SMILES string of the molecule is CC(C)Sc1ccc(-c2cnc3c(C(=O)O)cc(-c4cccnc4)cn23)cc1. The van der Waals surface area contributed by atoms with Gasteiger partial charge >= 0.3 is 5.97 Å². The fourth-order valence-corrected chi connectivity index (χ4v) is 3.96. The summed E-state index contributed by atoms with van der Waals surface area (Å²) in [5.74, 6) is -1.00. The molecular weight excluding hydrogens is 370 g/mol. The highest BCUT2D eigenvalue weighted by Gasteiger charge is 2.16. The van der Waals surface area contributed by atoms with E-state index >= 15 is 0 Å². The maximum absolute atomic E-state index is 11.8. The first-order valence-electron chi connectivity index (χ1n) is 8.95. The standard InChI is InChI=1S/C22H19N3O2S/c1-14(2)28-18-7-5-15(6-8-18)20-12-24-21-19(22(26)27)10-17(13-25(20)21)16-4-3-9-23-11-16/h3-14H,1-2H3,(H,26,27). The van der Waals surface area contributed by atoms with E-state index in [1.165, 1.54) is 4.90 Å². The zero-order valence-electron chi connectivity index (χ0n) is 15.5. The van der Waals surface area contributed by atoms with Crippen molar-refractivity contribution < 1.29 is 9.90 Å². The highest BCUT2D eigenvalue weighted by Crippen LogP contribution is 2.30. The van der Waals surface area contributed by atoms with Crippen LogP contribution < -0.4 is 0 Å². The summed E-state index contributed by atoms with van der Waals surface area (Å²) in [6.07, 6.45) is 7.05. The Hall–Kier alpha value is -3.12. The third-order valence-corrected chi connectivity index (χ3v) is 5.37. The van der Waals surface area contributed by atoms with Gasteiger partial charge in [0.05, 0.1) is 11.9 Å². The second kappa shape index (κ2) is 7.48. The van der Waals surface area contributed by atoms with Gasteiger partial charge in [0.1, 0.15) is 5.56 Å². The quantitative estimate of drug-likeness (QED) is 0.472. The van der Waals surface area contributed by atoms with Crippen molar-refractivity contribution in [2.75, 3.05) is 0 Å². The van der Waals surface area contributed by atoms with Crippen LogP contribution in [-0.2, 0) is 0 Å². The van der Waals surface area contributed by atoms with Crippen molar-refractivity contribution in [3.8, 4) is 22.4 Å². The molecule has 6 heteroatoms. The number of fused-ring (bicyclic) bond motifs is 1. The van der Waals surface area contributed by atoms with Crippen molar-refractivity contribution >= 4 is 23.4 Å². The van der Waals surface area contributed by atoms with E-state index in [0.717, 1.165) is 22.4 Å². The van der Waals surface area contributed by atoms with Gasteiger partial charge in [-0.25, -0.2) is 9.78 Å². The topological polar surface area (TPSA) is 67.5 Å². The largest absolute Gasteiger partial charge is 0.478 e. The van der Waals surface area contributed by atoms with Gasteiger partial charge in [0.2, 0.25) is 0 Å². The lowest BCUT2D eigenvalue weighted by Gasteiger charge is -2.09. The Balaban J connectivity index is 1.86. The Labute approximate surface area is 167 Å². The second-order valence-corrected chi connectivity index (χ2v) is 8.37. The van der Waals surface area contributed by atoms with Gasteiger partial charge in [-0.15, -0.1) is 11.8 Å². The van der Waals surface area contributed by atoms with E-state index in [-0.39, 0.29) is 5.56 Å². The number of carbonyl (C=O) groups is 1. The van der Waals surface area contributed by atoms with Crippen LogP contribution in [0.2, 0.25) is 0 Å². The number of carboxylic acids is 1. The molecule has 0 bridgehead atoms. The fraction of sp³-hybridized carbons (Fsp3) is 0.136. The van der Waals surface area contributed by atoms with Crippen molar-refractivity contribution in [3.05, 3.63) is 72.8 Å². The predicted octanol–water partition coefficient (Wildman–Crippen LogP) is 5.26. The van der Waals surface area contributed by atoms with Crippen LogP contribution >= 0.6 is 11.8 Å². The van der Waals surface area contributed by atoms with Crippen LogP contribution in [-0.4, -0.2) is 30.7 Å². The molecule has 0 aliphatic carbocycles. The molecule has 28 heavy (non-hydrogen) atoms. The van der Waals surface area contributed by atoms with E-state index in [1.54, 1.807) is 24.7 Å². The molecule has 0 spiro atoms. The Morgan fingerprint density at radius 2 is 1.86 bits per heavy atom. The first-order chi connectivity index (χ1) is 13.5. The molecule has 4 aromatic rings. The molecule has 0 saturated carbocycles. The van der Waals surface area contributed by atoms with Gasteiger partial charge in [-0.2, -0.15) is 0 Å². The number of nitrogens with zero attached hydrogens (tertiary/aromatic N) is 3. The second-order valence-electron chi connectivity index (χ2n) is 6.72. The fourth-order valence-electron chi connectivity index (χ4n) is 3.13. The smallest absolute Gasteiger partial charge is 0.339 e. The van der Waals surface area contributed by atoms with Crippen LogP contribution in [0.5, 0.6) is 0 Å². The lowest BCUT2D eigenvalue weighted by atomic mass is 10.1. The van der Waals surface area contributed by atoms with E-state index < -0.39 is 5.97 Å². The minimum Gasteiger partial charge on any atom is -0.478 e. The van der Waals surface area contributed by atoms with Crippen LogP contribution in [0.3, 0.4) is 0 Å². The normalized spacial score (nSPS) is 11.2. The van der Waals surface area contributed by atoms with Crippen LogP contribution in [0, 0.1) is 0 Å². The molecule has 5 nitrogen and oxygen atoms in total. The number of benzene rings is 1. The van der Waals surface area contributed by atoms with E-state index in [2.05, 4.69) is 35.9 Å². The van der Waals surface area contributed by atoms with Crippen LogP contribution in [0.15, 0.2) is 72.1 Å². The molecule has 3 heterocycles.